The zero-order valence-corrected chi connectivity index (χ0v) is 14.7. The van der Waals surface area contributed by atoms with Crippen LogP contribution in [0.25, 0.3) is 0 Å². The molecule has 1 saturated heterocycles. The Morgan fingerprint density at radius 3 is 2.48 bits per heavy atom. The van der Waals surface area contributed by atoms with Crippen LogP contribution in [0.3, 0.4) is 0 Å². The van der Waals surface area contributed by atoms with E-state index >= 15 is 0 Å². The molecule has 1 aliphatic rings. The van der Waals surface area contributed by atoms with Crippen LogP contribution in [0.4, 0.5) is 0 Å². The van der Waals surface area contributed by atoms with Crippen LogP contribution in [-0.2, 0) is 16.1 Å². The van der Waals surface area contributed by atoms with Crippen molar-refractivity contribution in [2.24, 2.45) is 0 Å². The Kier molecular flexibility index (Phi) is 5.76. The number of halogens is 1. The summed E-state index contributed by atoms with van der Waals surface area (Å²) in [7, 11) is 0. The third-order valence-electron chi connectivity index (χ3n) is 3.95. The Bertz CT molecular complexity index is 676. The van der Waals surface area contributed by atoms with E-state index < -0.39 is 0 Å². The molecule has 0 N–H and O–H groups in total. The molecule has 0 saturated carbocycles. The molecular formula is C16H20BrN3O3. The third-order valence-corrected chi connectivity index (χ3v) is 4.78. The Morgan fingerprint density at radius 1 is 1.26 bits per heavy atom. The first-order valence-electron chi connectivity index (χ1n) is 7.48. The Labute approximate surface area is 143 Å². The number of pyridine rings is 1. The van der Waals surface area contributed by atoms with Crippen molar-refractivity contribution in [2.75, 3.05) is 26.2 Å². The molecule has 0 radical (unpaired) electrons. The minimum atomic E-state index is -0.111. The highest BCUT2D eigenvalue weighted by Crippen LogP contribution is 2.12. The summed E-state index contributed by atoms with van der Waals surface area (Å²) in [6, 6.07) is 1.55. The molecule has 23 heavy (non-hydrogen) atoms. The van der Waals surface area contributed by atoms with E-state index in [1.54, 1.807) is 22.1 Å². The highest BCUT2D eigenvalue weighted by molar-refractivity contribution is 9.10. The first-order chi connectivity index (χ1) is 10.9. The second-order valence-corrected chi connectivity index (χ2v) is 6.35. The average Bonchev–Trinajstić information content (AvgIpc) is 2.56. The van der Waals surface area contributed by atoms with Gasteiger partial charge in [0, 0.05) is 55.9 Å². The molecular weight excluding hydrogens is 362 g/mol. The van der Waals surface area contributed by atoms with Crippen LogP contribution < -0.4 is 5.56 Å². The smallest absolute Gasteiger partial charge is 0.250 e. The zero-order valence-electron chi connectivity index (χ0n) is 13.1. The summed E-state index contributed by atoms with van der Waals surface area (Å²) < 4.78 is 2.38. The summed E-state index contributed by atoms with van der Waals surface area (Å²) in [6.45, 7) is 7.75. The number of carbonyl (C=O) groups is 2. The van der Waals surface area contributed by atoms with Gasteiger partial charge in [-0.1, -0.05) is 6.58 Å². The number of aryl methyl sites for hydroxylation is 2. The van der Waals surface area contributed by atoms with Crippen molar-refractivity contribution in [3.8, 4) is 0 Å². The molecule has 124 valence electrons. The van der Waals surface area contributed by atoms with Crippen molar-refractivity contribution in [1.29, 1.82) is 0 Å². The summed E-state index contributed by atoms with van der Waals surface area (Å²) in [5.74, 6) is -0.104. The second-order valence-electron chi connectivity index (χ2n) is 5.50. The molecule has 7 heteroatoms. The maximum atomic E-state index is 12.3. The molecule has 1 aromatic heterocycles. The Balaban J connectivity index is 1.89. The number of hydrogen-bond donors (Lipinski definition) is 0. The van der Waals surface area contributed by atoms with Gasteiger partial charge in [-0.15, -0.1) is 0 Å². The summed E-state index contributed by atoms with van der Waals surface area (Å²) in [5.41, 5.74) is 0.764. The number of hydrogen-bond acceptors (Lipinski definition) is 3. The lowest BCUT2D eigenvalue weighted by Crippen LogP contribution is -2.50. The van der Waals surface area contributed by atoms with E-state index in [4.69, 9.17) is 0 Å². The lowest BCUT2D eigenvalue weighted by molar-refractivity contribution is -0.137. The minimum Gasteiger partial charge on any atom is -0.339 e. The molecule has 0 atom stereocenters. The molecule has 0 bridgehead atoms. The zero-order chi connectivity index (χ0) is 17.0. The van der Waals surface area contributed by atoms with Crippen molar-refractivity contribution in [3.05, 3.63) is 45.3 Å². The van der Waals surface area contributed by atoms with Crippen molar-refractivity contribution in [3.63, 3.8) is 0 Å². The molecule has 1 aliphatic heterocycles. The van der Waals surface area contributed by atoms with Gasteiger partial charge in [0.05, 0.1) is 0 Å². The fourth-order valence-corrected chi connectivity index (χ4v) is 2.86. The largest absolute Gasteiger partial charge is 0.339 e. The lowest BCUT2D eigenvalue weighted by atomic mass is 10.2. The molecule has 0 spiro atoms. The molecule has 1 fully saturated rings. The van der Waals surface area contributed by atoms with Crippen LogP contribution >= 0.6 is 15.9 Å². The predicted octanol–water partition coefficient (Wildman–Crippen LogP) is 1.17. The van der Waals surface area contributed by atoms with Crippen molar-refractivity contribution in [1.82, 2.24) is 14.4 Å². The SMILES string of the molecule is C=CC(=O)N1CCN(C(=O)CCn2cc(Br)c(C)cc2=O)CC1. The van der Waals surface area contributed by atoms with Gasteiger partial charge >= 0.3 is 0 Å². The van der Waals surface area contributed by atoms with Gasteiger partial charge in [0.1, 0.15) is 0 Å². The van der Waals surface area contributed by atoms with Gasteiger partial charge in [0.2, 0.25) is 11.8 Å². The third kappa shape index (κ3) is 4.31. The van der Waals surface area contributed by atoms with Crippen LogP contribution in [0.2, 0.25) is 0 Å². The topological polar surface area (TPSA) is 62.6 Å². The maximum absolute atomic E-state index is 12.3. The monoisotopic (exact) mass is 381 g/mol. The van der Waals surface area contributed by atoms with Gasteiger partial charge in [-0.25, -0.2) is 0 Å². The number of rotatable bonds is 4. The van der Waals surface area contributed by atoms with Crippen molar-refractivity contribution >= 4 is 27.7 Å². The summed E-state index contributed by atoms with van der Waals surface area (Å²) in [4.78, 5) is 39.1. The molecule has 2 heterocycles. The minimum absolute atomic E-state index is 0.000649. The standard InChI is InChI=1S/C16H20BrN3O3/c1-3-14(21)18-6-8-19(9-7-18)15(22)4-5-20-11-13(17)12(2)10-16(20)23/h3,10-11H,1,4-9H2,2H3. The van der Waals surface area contributed by atoms with Gasteiger partial charge in [0.25, 0.3) is 5.56 Å². The summed E-state index contributed by atoms with van der Waals surface area (Å²) >= 11 is 3.39. The van der Waals surface area contributed by atoms with E-state index in [9.17, 15) is 14.4 Å². The van der Waals surface area contributed by atoms with Crippen LogP contribution in [-0.4, -0.2) is 52.4 Å². The highest BCUT2D eigenvalue weighted by Gasteiger charge is 2.22. The lowest BCUT2D eigenvalue weighted by Gasteiger charge is -2.34. The van der Waals surface area contributed by atoms with E-state index in [1.807, 2.05) is 6.92 Å². The molecule has 2 rings (SSSR count). The van der Waals surface area contributed by atoms with Gasteiger partial charge in [-0.2, -0.15) is 0 Å². The molecule has 0 aliphatic carbocycles. The van der Waals surface area contributed by atoms with Crippen LogP contribution in [0.5, 0.6) is 0 Å². The van der Waals surface area contributed by atoms with Crippen molar-refractivity contribution < 1.29 is 9.59 Å². The van der Waals surface area contributed by atoms with Gasteiger partial charge in [-0.05, 0) is 34.5 Å². The van der Waals surface area contributed by atoms with Crippen LogP contribution in [0, 0.1) is 6.92 Å². The number of nitrogens with zero attached hydrogens (tertiary/aromatic N) is 3. The number of amides is 2. The fourth-order valence-electron chi connectivity index (χ4n) is 2.49. The van der Waals surface area contributed by atoms with Crippen LogP contribution in [0.15, 0.2) is 34.2 Å². The molecule has 0 unspecified atom stereocenters. The first-order valence-corrected chi connectivity index (χ1v) is 8.27. The first kappa shape index (κ1) is 17.5. The Morgan fingerprint density at radius 2 is 1.87 bits per heavy atom. The molecule has 0 aromatic carbocycles. The van der Waals surface area contributed by atoms with E-state index in [2.05, 4.69) is 22.5 Å². The van der Waals surface area contributed by atoms with E-state index in [-0.39, 0.29) is 23.8 Å². The molecule has 6 nitrogen and oxygen atoms in total. The van der Waals surface area contributed by atoms with E-state index in [1.165, 1.54) is 10.6 Å². The number of carbonyl (C=O) groups excluding carboxylic acids is 2. The summed E-state index contributed by atoms with van der Waals surface area (Å²) in [5, 5.41) is 0. The number of aromatic nitrogens is 1. The van der Waals surface area contributed by atoms with Gasteiger partial charge in [0.15, 0.2) is 0 Å². The second kappa shape index (κ2) is 7.59. The molecule has 2 amide bonds. The normalized spacial score (nSPS) is 14.7. The molecule has 1 aromatic rings. The summed E-state index contributed by atoms with van der Waals surface area (Å²) in [6.07, 6.45) is 3.27. The number of piperazine rings is 1. The van der Waals surface area contributed by atoms with Crippen molar-refractivity contribution in [2.45, 2.75) is 19.9 Å². The van der Waals surface area contributed by atoms with Gasteiger partial charge < -0.3 is 14.4 Å². The van der Waals surface area contributed by atoms with E-state index in [0.29, 0.717) is 32.7 Å². The maximum Gasteiger partial charge on any atom is 0.250 e. The van der Waals surface area contributed by atoms with Crippen LogP contribution in [0.1, 0.15) is 12.0 Å². The quantitative estimate of drug-likeness (QED) is 0.735. The van der Waals surface area contributed by atoms with Gasteiger partial charge in [-0.3, -0.25) is 14.4 Å². The highest BCUT2D eigenvalue weighted by atomic mass is 79.9. The predicted molar refractivity (Wildman–Crippen MR) is 91.1 cm³/mol. The average molecular weight is 382 g/mol. The fraction of sp³-hybridized carbons (Fsp3) is 0.438. The Hall–Kier alpha value is -1.89. The van der Waals surface area contributed by atoms with E-state index in [0.717, 1.165) is 10.0 Å².